The zero-order chi connectivity index (χ0) is 14.8. The van der Waals surface area contributed by atoms with Crippen molar-refractivity contribution in [3.8, 4) is 0 Å². The van der Waals surface area contributed by atoms with Gasteiger partial charge < -0.3 is 21.1 Å². The fraction of sp³-hybridized carbons (Fsp3) is 0.533. The molecule has 5 nitrogen and oxygen atoms in total. The summed E-state index contributed by atoms with van der Waals surface area (Å²) in [4.78, 5) is 12.3. The Bertz CT molecular complexity index is 541. The maximum absolute atomic E-state index is 12.3. The average Bonchev–Trinajstić information content (AvgIpc) is 3.15. The fourth-order valence-corrected chi connectivity index (χ4v) is 2.65. The molecular weight excluding hydrogens is 361 g/mol. The zero-order valence-corrected chi connectivity index (χ0v) is 15.0. The monoisotopic (exact) mass is 381 g/mol. The summed E-state index contributed by atoms with van der Waals surface area (Å²) in [6.07, 6.45) is 3.44. The number of carbonyl (C=O) groups is 1. The van der Waals surface area contributed by atoms with Crippen molar-refractivity contribution in [2.45, 2.75) is 43.9 Å². The lowest BCUT2D eigenvalue weighted by molar-refractivity contribution is -0.126. The first-order chi connectivity index (χ1) is 10.2. The molecule has 1 amide bonds. The minimum atomic E-state index is -0.425. The summed E-state index contributed by atoms with van der Waals surface area (Å²) in [6.45, 7) is 0.454. The van der Waals surface area contributed by atoms with Crippen LogP contribution in [0.15, 0.2) is 18.2 Å². The molecule has 3 rings (SSSR count). The van der Waals surface area contributed by atoms with Crippen molar-refractivity contribution in [3.63, 3.8) is 0 Å². The number of benzene rings is 1. The summed E-state index contributed by atoms with van der Waals surface area (Å²) in [5.41, 5.74) is 7.18. The van der Waals surface area contributed by atoms with E-state index in [1.807, 2.05) is 12.1 Å². The van der Waals surface area contributed by atoms with E-state index in [0.717, 1.165) is 12.1 Å². The second-order valence-corrected chi connectivity index (χ2v) is 6.09. The van der Waals surface area contributed by atoms with Gasteiger partial charge in [0.05, 0.1) is 17.5 Å². The Hall–Kier alpha value is -0.720. The Morgan fingerprint density at radius 2 is 1.96 bits per heavy atom. The molecule has 1 saturated heterocycles. The van der Waals surface area contributed by atoms with Gasteiger partial charge in [0.1, 0.15) is 6.10 Å². The molecule has 1 aliphatic carbocycles. The van der Waals surface area contributed by atoms with Gasteiger partial charge in [0.15, 0.2) is 0 Å². The van der Waals surface area contributed by atoms with Gasteiger partial charge in [0.2, 0.25) is 0 Å². The van der Waals surface area contributed by atoms with E-state index in [0.29, 0.717) is 29.7 Å². The van der Waals surface area contributed by atoms with Gasteiger partial charge in [-0.1, -0.05) is 11.6 Å². The van der Waals surface area contributed by atoms with Gasteiger partial charge >= 0.3 is 0 Å². The van der Waals surface area contributed by atoms with Gasteiger partial charge in [-0.15, -0.1) is 24.8 Å². The van der Waals surface area contributed by atoms with Crippen LogP contribution in [-0.2, 0) is 9.53 Å². The number of nitrogens with two attached hydrogens (primary N) is 1. The highest BCUT2D eigenvalue weighted by molar-refractivity contribution is 6.31. The third-order valence-electron chi connectivity index (χ3n) is 3.84. The first kappa shape index (κ1) is 20.3. The highest BCUT2D eigenvalue weighted by Crippen LogP contribution is 2.32. The van der Waals surface area contributed by atoms with E-state index >= 15 is 0 Å². The van der Waals surface area contributed by atoms with Crippen LogP contribution in [0.3, 0.4) is 0 Å². The number of rotatable bonds is 5. The van der Waals surface area contributed by atoms with Gasteiger partial charge in [0, 0.05) is 17.6 Å². The van der Waals surface area contributed by atoms with E-state index in [1.54, 1.807) is 6.07 Å². The molecule has 4 N–H and O–H groups in total. The number of amides is 1. The van der Waals surface area contributed by atoms with Crippen LogP contribution in [0.5, 0.6) is 0 Å². The summed E-state index contributed by atoms with van der Waals surface area (Å²) in [6, 6.07) is 5.98. The number of ether oxygens (including phenoxy) is 1. The van der Waals surface area contributed by atoms with Crippen molar-refractivity contribution < 1.29 is 9.53 Å². The molecule has 1 aromatic rings. The van der Waals surface area contributed by atoms with E-state index in [2.05, 4.69) is 10.6 Å². The number of halogens is 3. The van der Waals surface area contributed by atoms with E-state index < -0.39 is 6.10 Å². The first-order valence-corrected chi connectivity index (χ1v) is 7.76. The lowest BCUT2D eigenvalue weighted by Crippen LogP contribution is -2.30. The molecule has 0 aromatic heterocycles. The van der Waals surface area contributed by atoms with Crippen LogP contribution in [0.25, 0.3) is 0 Å². The molecule has 1 heterocycles. The number of anilines is 2. The standard InChI is InChI=1S/C15H20ClN3O2.2ClH/c16-9-1-5-12(18-10-2-3-10)13(7-9)19-15(20)14-6-4-11(8-17)21-14;;/h1,5,7,10-11,14,18H,2-4,6,8,17H2,(H,19,20);2*1H/t11-,14+;;/m1../s1. The van der Waals surface area contributed by atoms with Crippen molar-refractivity contribution >= 4 is 53.7 Å². The summed E-state index contributed by atoms with van der Waals surface area (Å²) < 4.78 is 5.62. The van der Waals surface area contributed by atoms with Gasteiger partial charge in [-0.3, -0.25) is 4.79 Å². The predicted molar refractivity (Wildman–Crippen MR) is 98.2 cm³/mol. The molecule has 23 heavy (non-hydrogen) atoms. The predicted octanol–water partition coefficient (Wildman–Crippen LogP) is 3.20. The molecule has 130 valence electrons. The minimum Gasteiger partial charge on any atom is -0.381 e. The average molecular weight is 383 g/mol. The lowest BCUT2D eigenvalue weighted by Gasteiger charge is -2.16. The highest BCUT2D eigenvalue weighted by Gasteiger charge is 2.30. The molecular formula is C15H22Cl3N3O2. The van der Waals surface area contributed by atoms with Crippen LogP contribution in [0.1, 0.15) is 25.7 Å². The van der Waals surface area contributed by atoms with Crippen molar-refractivity contribution in [2.24, 2.45) is 5.73 Å². The lowest BCUT2D eigenvalue weighted by atomic mass is 10.2. The summed E-state index contributed by atoms with van der Waals surface area (Å²) >= 11 is 6.03. The number of hydrogen-bond acceptors (Lipinski definition) is 4. The topological polar surface area (TPSA) is 76.4 Å². The molecule has 2 atom stereocenters. The molecule has 1 aromatic carbocycles. The molecule has 1 aliphatic heterocycles. The first-order valence-electron chi connectivity index (χ1n) is 7.38. The third-order valence-corrected chi connectivity index (χ3v) is 4.07. The van der Waals surface area contributed by atoms with Crippen molar-refractivity contribution in [1.29, 1.82) is 0 Å². The van der Waals surface area contributed by atoms with Gasteiger partial charge in [0.25, 0.3) is 5.91 Å². The van der Waals surface area contributed by atoms with Crippen LogP contribution < -0.4 is 16.4 Å². The van der Waals surface area contributed by atoms with Crippen LogP contribution in [-0.4, -0.2) is 30.7 Å². The Morgan fingerprint density at radius 3 is 2.57 bits per heavy atom. The second-order valence-electron chi connectivity index (χ2n) is 5.66. The van der Waals surface area contributed by atoms with Crippen molar-refractivity contribution in [2.75, 3.05) is 17.2 Å². The number of carbonyl (C=O) groups excluding carboxylic acids is 1. The molecule has 2 aliphatic rings. The van der Waals surface area contributed by atoms with Crippen LogP contribution in [0.4, 0.5) is 11.4 Å². The highest BCUT2D eigenvalue weighted by atomic mass is 35.5. The van der Waals surface area contributed by atoms with Crippen LogP contribution in [0.2, 0.25) is 5.02 Å². The van der Waals surface area contributed by atoms with Crippen LogP contribution >= 0.6 is 36.4 Å². The third kappa shape index (κ3) is 5.40. The summed E-state index contributed by atoms with van der Waals surface area (Å²) in [5, 5.41) is 6.91. The van der Waals surface area contributed by atoms with E-state index in [1.165, 1.54) is 12.8 Å². The largest absolute Gasteiger partial charge is 0.381 e. The van der Waals surface area contributed by atoms with Gasteiger partial charge in [-0.2, -0.15) is 0 Å². The number of hydrogen-bond donors (Lipinski definition) is 3. The Balaban J connectivity index is 0.00000132. The molecule has 0 spiro atoms. The minimum absolute atomic E-state index is 0. The summed E-state index contributed by atoms with van der Waals surface area (Å²) in [7, 11) is 0. The van der Waals surface area contributed by atoms with E-state index in [9.17, 15) is 4.79 Å². The maximum atomic E-state index is 12.3. The molecule has 2 fully saturated rings. The van der Waals surface area contributed by atoms with E-state index in [4.69, 9.17) is 22.1 Å². The fourth-order valence-electron chi connectivity index (χ4n) is 2.48. The summed E-state index contributed by atoms with van der Waals surface area (Å²) in [5.74, 6) is -0.132. The quantitative estimate of drug-likeness (QED) is 0.731. The Labute approximate surface area is 153 Å². The van der Waals surface area contributed by atoms with Crippen molar-refractivity contribution in [3.05, 3.63) is 23.2 Å². The Morgan fingerprint density at radius 1 is 1.22 bits per heavy atom. The second kappa shape index (κ2) is 8.94. The van der Waals surface area contributed by atoms with E-state index in [-0.39, 0.29) is 36.8 Å². The van der Waals surface area contributed by atoms with Crippen molar-refractivity contribution in [1.82, 2.24) is 0 Å². The molecule has 1 saturated carbocycles. The Kier molecular flexibility index (Phi) is 7.90. The smallest absolute Gasteiger partial charge is 0.253 e. The SMILES string of the molecule is Cl.Cl.NC[C@H]1CC[C@@H](C(=O)Nc2cc(Cl)ccc2NC2CC2)O1. The molecule has 0 unspecified atom stereocenters. The molecule has 8 heteroatoms. The normalized spacial score (nSPS) is 22.7. The zero-order valence-electron chi connectivity index (χ0n) is 12.6. The van der Waals surface area contributed by atoms with Gasteiger partial charge in [-0.25, -0.2) is 0 Å². The number of nitrogens with one attached hydrogen (secondary N) is 2. The molecule has 0 bridgehead atoms. The molecule has 0 radical (unpaired) electrons. The van der Waals surface area contributed by atoms with Crippen LogP contribution in [0, 0.1) is 0 Å². The van der Waals surface area contributed by atoms with Gasteiger partial charge in [-0.05, 0) is 43.9 Å². The maximum Gasteiger partial charge on any atom is 0.253 e.